The Bertz CT molecular complexity index is 607. The number of thiazole rings is 1. The Kier molecular flexibility index (Phi) is 4.85. The SMILES string of the molecule is Cc1ncsc1CN(C)C[C@H]1CCN(Cc2cnnn2C)C1. The van der Waals surface area contributed by atoms with E-state index in [0.717, 1.165) is 32.1 Å². The lowest BCUT2D eigenvalue weighted by atomic mass is 10.1. The topological polar surface area (TPSA) is 50.1 Å². The van der Waals surface area contributed by atoms with Gasteiger partial charge in [0.1, 0.15) is 0 Å². The van der Waals surface area contributed by atoms with Crippen molar-refractivity contribution in [3.63, 3.8) is 0 Å². The van der Waals surface area contributed by atoms with Crippen molar-refractivity contribution in [2.24, 2.45) is 13.0 Å². The summed E-state index contributed by atoms with van der Waals surface area (Å²) in [5, 5.41) is 7.96. The Hall–Kier alpha value is -1.31. The molecule has 3 heterocycles. The average Bonchev–Trinajstić information content (AvgIpc) is 3.17. The smallest absolute Gasteiger partial charge is 0.0798 e. The van der Waals surface area contributed by atoms with Crippen molar-refractivity contribution in [1.29, 1.82) is 0 Å². The monoisotopic (exact) mass is 320 g/mol. The van der Waals surface area contributed by atoms with Crippen LogP contribution in [0.5, 0.6) is 0 Å². The Morgan fingerprint density at radius 1 is 1.45 bits per heavy atom. The Morgan fingerprint density at radius 3 is 3.00 bits per heavy atom. The van der Waals surface area contributed by atoms with Crippen molar-refractivity contribution >= 4 is 11.3 Å². The highest BCUT2D eigenvalue weighted by Crippen LogP contribution is 2.21. The van der Waals surface area contributed by atoms with Gasteiger partial charge in [0, 0.05) is 38.1 Å². The Morgan fingerprint density at radius 2 is 2.32 bits per heavy atom. The highest BCUT2D eigenvalue weighted by molar-refractivity contribution is 7.09. The van der Waals surface area contributed by atoms with E-state index in [9.17, 15) is 0 Å². The van der Waals surface area contributed by atoms with Gasteiger partial charge in [-0.3, -0.25) is 9.58 Å². The molecule has 0 N–H and O–H groups in total. The molecule has 1 fully saturated rings. The molecule has 120 valence electrons. The summed E-state index contributed by atoms with van der Waals surface area (Å²) in [4.78, 5) is 10.7. The van der Waals surface area contributed by atoms with E-state index in [4.69, 9.17) is 0 Å². The lowest BCUT2D eigenvalue weighted by Crippen LogP contribution is -2.28. The largest absolute Gasteiger partial charge is 0.301 e. The van der Waals surface area contributed by atoms with Gasteiger partial charge in [0.25, 0.3) is 0 Å². The van der Waals surface area contributed by atoms with Crippen LogP contribution in [0.25, 0.3) is 0 Å². The molecule has 1 atom stereocenters. The lowest BCUT2D eigenvalue weighted by molar-refractivity contribution is 0.253. The number of aromatic nitrogens is 4. The van der Waals surface area contributed by atoms with Crippen molar-refractivity contribution in [2.75, 3.05) is 26.7 Å². The van der Waals surface area contributed by atoms with E-state index in [2.05, 4.69) is 39.1 Å². The summed E-state index contributed by atoms with van der Waals surface area (Å²) in [7, 11) is 4.17. The maximum atomic E-state index is 4.33. The van der Waals surface area contributed by atoms with E-state index < -0.39 is 0 Å². The van der Waals surface area contributed by atoms with E-state index >= 15 is 0 Å². The van der Waals surface area contributed by atoms with Crippen molar-refractivity contribution in [3.8, 4) is 0 Å². The molecule has 22 heavy (non-hydrogen) atoms. The minimum atomic E-state index is 0.749. The summed E-state index contributed by atoms with van der Waals surface area (Å²) in [5.41, 5.74) is 4.31. The molecule has 0 aliphatic carbocycles. The molecule has 0 aromatic carbocycles. The van der Waals surface area contributed by atoms with Gasteiger partial charge in [-0.25, -0.2) is 4.98 Å². The van der Waals surface area contributed by atoms with Crippen LogP contribution in [0.3, 0.4) is 0 Å². The fourth-order valence-electron chi connectivity index (χ4n) is 3.12. The van der Waals surface area contributed by atoms with Gasteiger partial charge in [-0.1, -0.05) is 5.21 Å². The van der Waals surface area contributed by atoms with Crippen molar-refractivity contribution in [1.82, 2.24) is 29.8 Å². The Labute approximate surface area is 135 Å². The van der Waals surface area contributed by atoms with Crippen molar-refractivity contribution in [3.05, 3.63) is 28.0 Å². The van der Waals surface area contributed by atoms with E-state index in [-0.39, 0.29) is 0 Å². The first-order valence-corrected chi connectivity index (χ1v) is 8.63. The number of hydrogen-bond donors (Lipinski definition) is 0. The van der Waals surface area contributed by atoms with E-state index in [0.29, 0.717) is 0 Å². The second-order valence-electron chi connectivity index (χ2n) is 6.30. The predicted molar refractivity (Wildman–Crippen MR) is 87.6 cm³/mol. The van der Waals surface area contributed by atoms with Crippen LogP contribution in [0, 0.1) is 12.8 Å². The second kappa shape index (κ2) is 6.85. The molecule has 2 aromatic rings. The quantitative estimate of drug-likeness (QED) is 0.808. The predicted octanol–water partition coefficient (Wildman–Crippen LogP) is 1.53. The Balaban J connectivity index is 1.46. The minimum Gasteiger partial charge on any atom is -0.301 e. The second-order valence-corrected chi connectivity index (χ2v) is 7.24. The van der Waals surface area contributed by atoms with Gasteiger partial charge in [0.15, 0.2) is 0 Å². The fourth-order valence-corrected chi connectivity index (χ4v) is 3.97. The lowest BCUT2D eigenvalue weighted by Gasteiger charge is -2.21. The summed E-state index contributed by atoms with van der Waals surface area (Å²) >= 11 is 1.76. The summed E-state index contributed by atoms with van der Waals surface area (Å²) < 4.78 is 1.87. The third-order valence-electron chi connectivity index (χ3n) is 4.39. The zero-order chi connectivity index (χ0) is 15.5. The van der Waals surface area contributed by atoms with Gasteiger partial charge in [-0.2, -0.15) is 0 Å². The van der Waals surface area contributed by atoms with Crippen molar-refractivity contribution in [2.45, 2.75) is 26.4 Å². The normalized spacial score (nSPS) is 19.4. The van der Waals surface area contributed by atoms with Crippen LogP contribution >= 0.6 is 11.3 Å². The molecular weight excluding hydrogens is 296 g/mol. The molecule has 2 aromatic heterocycles. The number of hydrogen-bond acceptors (Lipinski definition) is 6. The maximum Gasteiger partial charge on any atom is 0.0798 e. The van der Waals surface area contributed by atoms with Gasteiger partial charge in [-0.05, 0) is 32.9 Å². The molecule has 6 nitrogen and oxygen atoms in total. The first-order valence-electron chi connectivity index (χ1n) is 7.75. The van der Waals surface area contributed by atoms with Crippen LogP contribution in [0.15, 0.2) is 11.7 Å². The zero-order valence-electron chi connectivity index (χ0n) is 13.6. The molecule has 0 radical (unpaired) electrons. The van der Waals surface area contributed by atoms with Crippen LogP contribution in [-0.2, 0) is 20.1 Å². The van der Waals surface area contributed by atoms with E-state index in [1.54, 1.807) is 11.3 Å². The molecule has 1 aliphatic heterocycles. The average molecular weight is 320 g/mol. The number of likely N-dealkylation sites (tertiary alicyclic amines) is 1. The van der Waals surface area contributed by atoms with E-state index in [1.807, 2.05) is 23.4 Å². The van der Waals surface area contributed by atoms with Crippen molar-refractivity contribution < 1.29 is 0 Å². The highest BCUT2D eigenvalue weighted by Gasteiger charge is 2.24. The molecule has 3 rings (SSSR count). The van der Waals surface area contributed by atoms with Gasteiger partial charge < -0.3 is 4.90 Å². The first-order chi connectivity index (χ1) is 10.6. The van der Waals surface area contributed by atoms with Crippen LogP contribution in [-0.4, -0.2) is 56.5 Å². The number of nitrogens with zero attached hydrogens (tertiary/aromatic N) is 6. The first kappa shape index (κ1) is 15.6. The molecule has 0 unspecified atom stereocenters. The molecule has 1 saturated heterocycles. The molecule has 7 heteroatoms. The summed E-state index contributed by atoms with van der Waals surface area (Å²) in [6, 6.07) is 0. The fraction of sp³-hybridized carbons (Fsp3) is 0.667. The standard InChI is InChI=1S/C15H24N6S/c1-12-15(22-11-16-12)10-19(2)7-13-4-5-21(8-13)9-14-6-17-18-20(14)3/h6,11,13H,4-5,7-10H2,1-3H3/t13-/m1/s1. The zero-order valence-corrected chi connectivity index (χ0v) is 14.4. The summed E-state index contributed by atoms with van der Waals surface area (Å²) in [6.07, 6.45) is 3.14. The molecule has 0 amide bonds. The third kappa shape index (κ3) is 3.71. The number of aryl methyl sites for hydroxylation is 2. The minimum absolute atomic E-state index is 0.749. The number of rotatable bonds is 6. The molecule has 0 spiro atoms. The van der Waals surface area contributed by atoms with Crippen LogP contribution in [0.1, 0.15) is 22.7 Å². The molecule has 1 aliphatic rings. The summed E-state index contributed by atoms with van der Waals surface area (Å²) in [6.45, 7) is 7.55. The van der Waals surface area contributed by atoms with Gasteiger partial charge in [0.2, 0.25) is 0 Å². The van der Waals surface area contributed by atoms with Crippen LogP contribution in [0.2, 0.25) is 0 Å². The molecule has 0 bridgehead atoms. The molecular formula is C15H24N6S. The van der Waals surface area contributed by atoms with Crippen LogP contribution < -0.4 is 0 Å². The maximum absolute atomic E-state index is 4.33. The third-order valence-corrected chi connectivity index (χ3v) is 5.31. The van der Waals surface area contributed by atoms with Gasteiger partial charge in [-0.15, -0.1) is 16.4 Å². The highest BCUT2D eigenvalue weighted by atomic mass is 32.1. The van der Waals surface area contributed by atoms with E-state index in [1.165, 1.54) is 29.2 Å². The van der Waals surface area contributed by atoms with Gasteiger partial charge >= 0.3 is 0 Å². The summed E-state index contributed by atoms with van der Waals surface area (Å²) in [5.74, 6) is 0.749. The van der Waals surface area contributed by atoms with Crippen LogP contribution in [0.4, 0.5) is 0 Å². The molecule has 0 saturated carbocycles. The van der Waals surface area contributed by atoms with Gasteiger partial charge in [0.05, 0.1) is 23.1 Å².